The van der Waals surface area contributed by atoms with Gasteiger partial charge in [-0.05, 0) is 23.8 Å². The highest BCUT2D eigenvalue weighted by atomic mass is 16.5. The van der Waals surface area contributed by atoms with Crippen molar-refractivity contribution in [3.05, 3.63) is 48.3 Å². The lowest BCUT2D eigenvalue weighted by atomic mass is 10.1. The molecular formula is C18H22N4O3. The Kier molecular flexibility index (Phi) is 5.79. The molecule has 7 nitrogen and oxygen atoms in total. The number of benzene rings is 1. The third kappa shape index (κ3) is 5.15. The van der Waals surface area contributed by atoms with Crippen LogP contribution in [0.5, 0.6) is 5.75 Å². The summed E-state index contributed by atoms with van der Waals surface area (Å²) in [6.07, 6.45) is 3.57. The third-order valence-electron chi connectivity index (χ3n) is 4.16. The Morgan fingerprint density at radius 2 is 1.76 bits per heavy atom. The van der Waals surface area contributed by atoms with Gasteiger partial charge in [0.25, 0.3) is 0 Å². The van der Waals surface area contributed by atoms with E-state index in [4.69, 9.17) is 9.84 Å². The van der Waals surface area contributed by atoms with Crippen LogP contribution in [0.1, 0.15) is 5.56 Å². The molecule has 7 heteroatoms. The molecule has 2 aromatic rings. The van der Waals surface area contributed by atoms with Crippen molar-refractivity contribution in [3.8, 4) is 5.75 Å². The molecule has 1 N–H and O–H groups in total. The van der Waals surface area contributed by atoms with Crippen LogP contribution in [0, 0.1) is 0 Å². The van der Waals surface area contributed by atoms with Gasteiger partial charge in [0.05, 0.1) is 6.42 Å². The second kappa shape index (κ2) is 8.43. The van der Waals surface area contributed by atoms with Gasteiger partial charge in [-0.3, -0.25) is 9.69 Å². The normalized spacial score (nSPS) is 15.1. The maximum absolute atomic E-state index is 10.7. The first-order chi connectivity index (χ1) is 12.2. The molecule has 3 rings (SSSR count). The molecule has 2 heterocycles. The van der Waals surface area contributed by atoms with Crippen LogP contribution in [0.3, 0.4) is 0 Å². The molecule has 1 saturated heterocycles. The van der Waals surface area contributed by atoms with E-state index in [0.717, 1.165) is 50.0 Å². The van der Waals surface area contributed by atoms with E-state index in [-0.39, 0.29) is 6.42 Å². The monoisotopic (exact) mass is 342 g/mol. The van der Waals surface area contributed by atoms with Gasteiger partial charge in [-0.15, -0.1) is 0 Å². The Morgan fingerprint density at radius 3 is 2.40 bits per heavy atom. The number of nitrogens with zero attached hydrogens (tertiary/aromatic N) is 4. The molecule has 1 aromatic heterocycles. The SMILES string of the molecule is O=C(O)Cc1ccc(OCCN2CCN(c3ncccn3)CC2)cc1. The fourth-order valence-corrected chi connectivity index (χ4v) is 2.80. The maximum atomic E-state index is 10.7. The Labute approximate surface area is 146 Å². The second-order valence-electron chi connectivity index (χ2n) is 5.94. The molecular weight excluding hydrogens is 320 g/mol. The van der Waals surface area contributed by atoms with E-state index in [1.807, 2.05) is 18.2 Å². The van der Waals surface area contributed by atoms with Crippen molar-refractivity contribution in [1.82, 2.24) is 14.9 Å². The average molecular weight is 342 g/mol. The van der Waals surface area contributed by atoms with Crippen LogP contribution in [0.25, 0.3) is 0 Å². The molecule has 0 atom stereocenters. The molecule has 132 valence electrons. The lowest BCUT2D eigenvalue weighted by Crippen LogP contribution is -2.48. The molecule has 0 radical (unpaired) electrons. The number of ether oxygens (including phenoxy) is 1. The summed E-state index contributed by atoms with van der Waals surface area (Å²) >= 11 is 0. The largest absolute Gasteiger partial charge is 0.492 e. The summed E-state index contributed by atoms with van der Waals surface area (Å²) < 4.78 is 5.75. The Balaban J connectivity index is 1.38. The number of rotatable bonds is 7. The molecule has 0 aliphatic carbocycles. The molecule has 0 bridgehead atoms. The van der Waals surface area contributed by atoms with E-state index in [1.54, 1.807) is 24.5 Å². The quantitative estimate of drug-likeness (QED) is 0.812. The molecule has 0 amide bonds. The number of anilines is 1. The smallest absolute Gasteiger partial charge is 0.307 e. The minimum atomic E-state index is -0.825. The number of hydrogen-bond donors (Lipinski definition) is 1. The zero-order valence-corrected chi connectivity index (χ0v) is 14.0. The van der Waals surface area contributed by atoms with E-state index in [1.165, 1.54) is 0 Å². The highest BCUT2D eigenvalue weighted by molar-refractivity contribution is 5.70. The summed E-state index contributed by atoms with van der Waals surface area (Å²) in [6, 6.07) is 9.06. The second-order valence-corrected chi connectivity index (χ2v) is 5.94. The molecule has 1 aromatic carbocycles. The molecule has 25 heavy (non-hydrogen) atoms. The van der Waals surface area contributed by atoms with E-state index in [0.29, 0.717) is 6.61 Å². The van der Waals surface area contributed by atoms with E-state index >= 15 is 0 Å². The topological polar surface area (TPSA) is 78.8 Å². The maximum Gasteiger partial charge on any atom is 0.307 e. The standard InChI is InChI=1S/C18H22N4O3/c23-17(24)14-15-2-4-16(5-3-15)25-13-12-21-8-10-22(11-9-21)18-19-6-1-7-20-18/h1-7H,8-14H2,(H,23,24). The highest BCUT2D eigenvalue weighted by Gasteiger charge is 2.18. The van der Waals surface area contributed by atoms with Crippen LogP contribution in [0.2, 0.25) is 0 Å². The summed E-state index contributed by atoms with van der Waals surface area (Å²) in [4.78, 5) is 23.8. The van der Waals surface area contributed by atoms with Crippen molar-refractivity contribution < 1.29 is 14.6 Å². The Morgan fingerprint density at radius 1 is 1.08 bits per heavy atom. The molecule has 1 aliphatic heterocycles. The predicted molar refractivity (Wildman–Crippen MR) is 94.0 cm³/mol. The predicted octanol–water partition coefficient (Wildman–Crippen LogP) is 1.30. The van der Waals surface area contributed by atoms with Gasteiger partial charge in [-0.1, -0.05) is 12.1 Å². The minimum absolute atomic E-state index is 0.0374. The molecule has 0 unspecified atom stereocenters. The van der Waals surface area contributed by atoms with Crippen LogP contribution in [-0.2, 0) is 11.2 Å². The van der Waals surface area contributed by atoms with Crippen molar-refractivity contribution >= 4 is 11.9 Å². The number of hydrogen-bond acceptors (Lipinski definition) is 6. The van der Waals surface area contributed by atoms with E-state index in [2.05, 4.69) is 19.8 Å². The van der Waals surface area contributed by atoms with Crippen LogP contribution in [0.15, 0.2) is 42.7 Å². The zero-order valence-electron chi connectivity index (χ0n) is 14.0. The van der Waals surface area contributed by atoms with Crippen molar-refractivity contribution in [2.24, 2.45) is 0 Å². The van der Waals surface area contributed by atoms with E-state index in [9.17, 15) is 4.79 Å². The molecule has 0 spiro atoms. The van der Waals surface area contributed by atoms with E-state index < -0.39 is 5.97 Å². The molecule has 1 fully saturated rings. The van der Waals surface area contributed by atoms with Crippen LogP contribution in [0.4, 0.5) is 5.95 Å². The number of carboxylic acids is 1. The van der Waals surface area contributed by atoms with Gasteiger partial charge < -0.3 is 14.7 Å². The minimum Gasteiger partial charge on any atom is -0.492 e. The number of aromatic nitrogens is 2. The summed E-state index contributed by atoms with van der Waals surface area (Å²) in [5.74, 6) is 0.735. The van der Waals surface area contributed by atoms with Gasteiger partial charge in [-0.25, -0.2) is 9.97 Å². The lowest BCUT2D eigenvalue weighted by molar-refractivity contribution is -0.136. The fourth-order valence-electron chi connectivity index (χ4n) is 2.80. The van der Waals surface area contributed by atoms with Crippen LogP contribution in [-0.4, -0.2) is 65.3 Å². The van der Waals surface area contributed by atoms with Crippen molar-refractivity contribution in [1.29, 1.82) is 0 Å². The summed E-state index contributed by atoms with van der Waals surface area (Å²) in [7, 11) is 0. The average Bonchev–Trinajstić information content (AvgIpc) is 2.64. The number of piperazine rings is 1. The van der Waals surface area contributed by atoms with Crippen molar-refractivity contribution in [2.75, 3.05) is 44.2 Å². The number of carbonyl (C=O) groups is 1. The Hall–Kier alpha value is -2.67. The van der Waals surface area contributed by atoms with Crippen LogP contribution < -0.4 is 9.64 Å². The zero-order chi connectivity index (χ0) is 17.5. The van der Waals surface area contributed by atoms with Gasteiger partial charge in [0.2, 0.25) is 5.95 Å². The van der Waals surface area contributed by atoms with Gasteiger partial charge in [0, 0.05) is 45.1 Å². The molecule has 1 aliphatic rings. The first-order valence-corrected chi connectivity index (χ1v) is 8.38. The van der Waals surface area contributed by atoms with Gasteiger partial charge >= 0.3 is 5.97 Å². The summed E-state index contributed by atoms with van der Waals surface area (Å²) in [5, 5.41) is 8.77. The number of aliphatic carboxylic acids is 1. The summed E-state index contributed by atoms with van der Waals surface area (Å²) in [5.41, 5.74) is 0.777. The fraction of sp³-hybridized carbons (Fsp3) is 0.389. The Bertz CT molecular complexity index is 670. The highest BCUT2D eigenvalue weighted by Crippen LogP contribution is 2.13. The van der Waals surface area contributed by atoms with Gasteiger partial charge in [-0.2, -0.15) is 0 Å². The third-order valence-corrected chi connectivity index (χ3v) is 4.16. The first-order valence-electron chi connectivity index (χ1n) is 8.38. The number of carboxylic acid groups (broad SMARTS) is 1. The van der Waals surface area contributed by atoms with Gasteiger partial charge in [0.1, 0.15) is 12.4 Å². The first kappa shape index (κ1) is 17.2. The lowest BCUT2D eigenvalue weighted by Gasteiger charge is -2.34. The van der Waals surface area contributed by atoms with Gasteiger partial charge in [0.15, 0.2) is 0 Å². The van der Waals surface area contributed by atoms with Crippen molar-refractivity contribution in [2.45, 2.75) is 6.42 Å². The molecule has 0 saturated carbocycles. The summed E-state index contributed by atoms with van der Waals surface area (Å²) in [6.45, 7) is 5.21. The van der Waals surface area contributed by atoms with Crippen LogP contribution >= 0.6 is 0 Å². The van der Waals surface area contributed by atoms with Crippen molar-refractivity contribution in [3.63, 3.8) is 0 Å².